The highest BCUT2D eigenvalue weighted by atomic mass is 19.4. The molecule has 0 atom stereocenters. The molecule has 0 fully saturated rings. The lowest BCUT2D eigenvalue weighted by Crippen LogP contribution is -2.34. The Balaban J connectivity index is 1.66. The molecule has 0 saturated carbocycles. The molecule has 1 N–H and O–H groups in total. The molecule has 2 heterocycles. The number of halogens is 4. The number of hydrogen-bond donors (Lipinski definition) is 1. The van der Waals surface area contributed by atoms with Gasteiger partial charge in [-0.05, 0) is 37.3 Å². The van der Waals surface area contributed by atoms with E-state index in [9.17, 15) is 22.4 Å². The highest BCUT2D eigenvalue weighted by Crippen LogP contribution is 2.26. The van der Waals surface area contributed by atoms with Gasteiger partial charge in [-0.15, -0.1) is 10.2 Å². The maximum Gasteiger partial charge on any atom is 0.405 e. The van der Waals surface area contributed by atoms with Crippen LogP contribution >= 0.6 is 0 Å². The molecule has 29 heavy (non-hydrogen) atoms. The van der Waals surface area contributed by atoms with Crippen LogP contribution in [0.1, 0.15) is 21.8 Å². The molecule has 0 saturated heterocycles. The van der Waals surface area contributed by atoms with Crippen LogP contribution in [0.25, 0.3) is 11.3 Å². The van der Waals surface area contributed by atoms with Crippen molar-refractivity contribution in [1.82, 2.24) is 20.7 Å². The summed E-state index contributed by atoms with van der Waals surface area (Å²) in [7, 11) is 0. The first-order valence-electron chi connectivity index (χ1n) is 8.25. The smallest absolute Gasteiger partial charge is 0.405 e. The summed E-state index contributed by atoms with van der Waals surface area (Å²) in [5, 5.41) is 12.9. The van der Waals surface area contributed by atoms with Crippen LogP contribution < -0.4 is 10.1 Å². The Morgan fingerprint density at radius 2 is 1.86 bits per heavy atom. The molecule has 152 valence electrons. The zero-order chi connectivity index (χ0) is 21.0. The van der Waals surface area contributed by atoms with Gasteiger partial charge in [-0.3, -0.25) is 4.79 Å². The summed E-state index contributed by atoms with van der Waals surface area (Å²) in [6.07, 6.45) is -4.52. The molecule has 0 aliphatic heterocycles. The van der Waals surface area contributed by atoms with Crippen molar-refractivity contribution < 1.29 is 31.6 Å². The summed E-state index contributed by atoms with van der Waals surface area (Å²) in [5.74, 6) is -0.861. The largest absolute Gasteiger partial charge is 0.472 e. The van der Waals surface area contributed by atoms with Gasteiger partial charge in [0.2, 0.25) is 5.88 Å². The third-order valence-corrected chi connectivity index (χ3v) is 3.79. The van der Waals surface area contributed by atoms with Crippen molar-refractivity contribution in [1.29, 1.82) is 0 Å². The summed E-state index contributed by atoms with van der Waals surface area (Å²) >= 11 is 0. The van der Waals surface area contributed by atoms with E-state index in [1.165, 1.54) is 24.3 Å². The Morgan fingerprint density at radius 3 is 2.48 bits per heavy atom. The van der Waals surface area contributed by atoms with Gasteiger partial charge in [-0.2, -0.15) is 13.2 Å². The minimum atomic E-state index is -4.52. The summed E-state index contributed by atoms with van der Waals surface area (Å²) in [6, 6.07) is 8.16. The summed E-state index contributed by atoms with van der Waals surface area (Å²) in [5.41, 5.74) is 1.42. The predicted molar refractivity (Wildman–Crippen MR) is 91.4 cm³/mol. The van der Waals surface area contributed by atoms with Gasteiger partial charge in [0.15, 0.2) is 5.69 Å². The second-order valence-corrected chi connectivity index (χ2v) is 5.92. The number of benzene rings is 1. The number of hydrogen-bond acceptors (Lipinski definition) is 6. The number of ether oxygens (including phenoxy) is 1. The fourth-order valence-corrected chi connectivity index (χ4v) is 2.33. The van der Waals surface area contributed by atoms with Crippen molar-refractivity contribution in [3.8, 4) is 17.1 Å². The third kappa shape index (κ3) is 5.27. The van der Waals surface area contributed by atoms with Crippen LogP contribution in [0.15, 0.2) is 40.9 Å². The van der Waals surface area contributed by atoms with E-state index in [4.69, 9.17) is 9.26 Å². The summed E-state index contributed by atoms with van der Waals surface area (Å²) in [4.78, 5) is 11.6. The van der Waals surface area contributed by atoms with E-state index in [1.807, 2.05) is 0 Å². The Hall–Kier alpha value is -3.50. The molecule has 11 heteroatoms. The Morgan fingerprint density at radius 1 is 1.14 bits per heavy atom. The number of carbonyl (C=O) groups excluding carboxylic acids is 1. The van der Waals surface area contributed by atoms with Crippen molar-refractivity contribution in [3.05, 3.63) is 59.2 Å². The SMILES string of the molecule is Cc1onc(-c2ccc(F)cc2)c1COc1ccc(C(=O)NCC(F)(F)F)nn1. The number of aryl methyl sites for hydroxylation is 1. The maximum atomic E-state index is 13.1. The number of amides is 1. The monoisotopic (exact) mass is 410 g/mol. The zero-order valence-electron chi connectivity index (χ0n) is 15.0. The number of rotatable bonds is 6. The molecule has 0 aliphatic carbocycles. The quantitative estimate of drug-likeness (QED) is 0.626. The third-order valence-electron chi connectivity index (χ3n) is 3.79. The standard InChI is InChI=1S/C18H14F4N4O3/c1-10-13(16(26-29-10)11-2-4-12(19)5-3-11)8-28-15-7-6-14(24-25-15)17(27)23-9-18(20,21)22/h2-7H,8-9H2,1H3,(H,23,27). The highest BCUT2D eigenvalue weighted by molar-refractivity contribution is 5.92. The number of aromatic nitrogens is 3. The average Bonchev–Trinajstić information content (AvgIpc) is 3.05. The number of carbonyl (C=O) groups is 1. The topological polar surface area (TPSA) is 90.1 Å². The summed E-state index contributed by atoms with van der Waals surface area (Å²) < 4.78 is 60.2. The van der Waals surface area contributed by atoms with Gasteiger partial charge >= 0.3 is 6.18 Å². The molecule has 1 amide bonds. The predicted octanol–water partition coefficient (Wildman–Crippen LogP) is 3.45. The van der Waals surface area contributed by atoms with Gasteiger partial charge in [0.25, 0.3) is 5.91 Å². The number of nitrogens with zero attached hydrogens (tertiary/aromatic N) is 3. The van der Waals surface area contributed by atoms with Gasteiger partial charge in [-0.1, -0.05) is 5.16 Å². The lowest BCUT2D eigenvalue weighted by Gasteiger charge is -2.08. The zero-order valence-corrected chi connectivity index (χ0v) is 15.0. The fraction of sp³-hybridized carbons (Fsp3) is 0.222. The Kier molecular flexibility index (Phi) is 5.76. The minimum absolute atomic E-state index is 0.00363. The van der Waals surface area contributed by atoms with Crippen LogP contribution in [0.4, 0.5) is 17.6 Å². The molecule has 0 bridgehead atoms. The second kappa shape index (κ2) is 8.25. The van der Waals surface area contributed by atoms with Crippen molar-refractivity contribution in [3.63, 3.8) is 0 Å². The van der Waals surface area contributed by atoms with Gasteiger partial charge in [0.05, 0.1) is 5.56 Å². The second-order valence-electron chi connectivity index (χ2n) is 5.92. The molecule has 3 aromatic rings. The minimum Gasteiger partial charge on any atom is -0.472 e. The Labute approximate surface area is 161 Å². The molecule has 0 spiro atoms. The van der Waals surface area contributed by atoms with Crippen LogP contribution in [0, 0.1) is 12.7 Å². The van der Waals surface area contributed by atoms with Gasteiger partial charge < -0.3 is 14.6 Å². The van der Waals surface area contributed by atoms with Crippen LogP contribution in [0.2, 0.25) is 0 Å². The molecule has 7 nitrogen and oxygen atoms in total. The van der Waals surface area contributed by atoms with Crippen molar-refractivity contribution in [2.24, 2.45) is 0 Å². The molecule has 0 radical (unpaired) electrons. The first-order valence-corrected chi connectivity index (χ1v) is 8.25. The average molecular weight is 410 g/mol. The van der Waals surface area contributed by atoms with Gasteiger partial charge in [-0.25, -0.2) is 4.39 Å². The van der Waals surface area contributed by atoms with E-state index >= 15 is 0 Å². The molecule has 0 aliphatic rings. The summed E-state index contributed by atoms with van der Waals surface area (Å²) in [6.45, 7) is 0.208. The maximum absolute atomic E-state index is 13.1. The van der Waals surface area contributed by atoms with Crippen LogP contribution in [-0.4, -0.2) is 34.0 Å². The molecular formula is C18H14F4N4O3. The fourth-order valence-electron chi connectivity index (χ4n) is 2.33. The molecule has 2 aromatic heterocycles. The van der Waals surface area contributed by atoms with Crippen LogP contribution in [0.3, 0.4) is 0 Å². The van der Waals surface area contributed by atoms with Crippen molar-refractivity contribution in [2.75, 3.05) is 6.54 Å². The van der Waals surface area contributed by atoms with E-state index < -0.39 is 18.6 Å². The number of alkyl halides is 3. The molecule has 3 rings (SSSR count). The lowest BCUT2D eigenvalue weighted by molar-refractivity contribution is -0.123. The first-order chi connectivity index (χ1) is 13.7. The van der Waals surface area contributed by atoms with E-state index in [-0.39, 0.29) is 24.0 Å². The van der Waals surface area contributed by atoms with Gasteiger partial charge in [0, 0.05) is 11.6 Å². The number of nitrogens with one attached hydrogen (secondary N) is 1. The molecule has 1 aromatic carbocycles. The first kappa shape index (κ1) is 20.2. The van der Waals surface area contributed by atoms with Gasteiger partial charge in [0.1, 0.15) is 30.4 Å². The van der Waals surface area contributed by atoms with Crippen molar-refractivity contribution in [2.45, 2.75) is 19.7 Å². The van der Waals surface area contributed by atoms with E-state index in [0.29, 0.717) is 22.6 Å². The molecule has 0 unspecified atom stereocenters. The normalized spacial score (nSPS) is 11.3. The van der Waals surface area contributed by atoms with Crippen LogP contribution in [-0.2, 0) is 6.61 Å². The van der Waals surface area contributed by atoms with Crippen molar-refractivity contribution >= 4 is 5.91 Å². The highest BCUT2D eigenvalue weighted by Gasteiger charge is 2.28. The Bertz CT molecular complexity index is 986. The van der Waals surface area contributed by atoms with E-state index in [2.05, 4.69) is 15.4 Å². The van der Waals surface area contributed by atoms with E-state index in [1.54, 1.807) is 24.4 Å². The lowest BCUT2D eigenvalue weighted by atomic mass is 10.1. The van der Waals surface area contributed by atoms with E-state index in [0.717, 1.165) is 0 Å². The van der Waals surface area contributed by atoms with Crippen LogP contribution in [0.5, 0.6) is 5.88 Å². The molecular weight excluding hydrogens is 396 g/mol.